The third-order valence-corrected chi connectivity index (χ3v) is 4.44. The summed E-state index contributed by atoms with van der Waals surface area (Å²) < 4.78 is 12.3. The fourth-order valence-electron chi connectivity index (χ4n) is 2.52. The molecule has 128 valence electrons. The molecule has 0 aliphatic carbocycles. The fraction of sp³-hybridized carbons (Fsp3) is 0.188. The number of hydrogen-bond donors (Lipinski definition) is 2. The van der Waals surface area contributed by atoms with E-state index >= 15 is 0 Å². The lowest BCUT2D eigenvalue weighted by molar-refractivity contribution is 0.171. The van der Waals surface area contributed by atoms with E-state index in [4.69, 9.17) is 9.47 Å². The van der Waals surface area contributed by atoms with Gasteiger partial charge in [0.15, 0.2) is 16.5 Å². The normalized spacial score (nSPS) is 12.8. The number of ether oxygens (including phenoxy) is 2. The highest BCUT2D eigenvalue weighted by Crippen LogP contribution is 2.32. The molecule has 9 heteroatoms. The van der Waals surface area contributed by atoms with Crippen molar-refractivity contribution in [1.29, 1.82) is 0 Å². The molecular weight excluding hydrogens is 344 g/mol. The average Bonchev–Trinajstić information content (AvgIpc) is 3.07. The van der Waals surface area contributed by atoms with Crippen molar-refractivity contribution in [2.24, 2.45) is 0 Å². The first-order chi connectivity index (χ1) is 12.1. The predicted molar refractivity (Wildman–Crippen MR) is 94.1 cm³/mol. The van der Waals surface area contributed by atoms with Gasteiger partial charge in [-0.05, 0) is 19.1 Å². The van der Waals surface area contributed by atoms with Gasteiger partial charge in [-0.2, -0.15) is 0 Å². The largest absolute Gasteiger partial charge is 0.486 e. The van der Waals surface area contributed by atoms with Crippen LogP contribution in [0.25, 0.3) is 4.96 Å². The number of thiazole rings is 1. The van der Waals surface area contributed by atoms with Gasteiger partial charge in [0.25, 0.3) is 5.56 Å². The minimum atomic E-state index is -0.533. The highest BCUT2D eigenvalue weighted by Gasteiger charge is 2.15. The molecule has 0 spiro atoms. The first-order valence-corrected chi connectivity index (χ1v) is 8.44. The number of hydrogen-bond acceptors (Lipinski definition) is 6. The van der Waals surface area contributed by atoms with Crippen LogP contribution in [0.3, 0.4) is 0 Å². The smallest absolute Gasteiger partial charge is 0.323 e. The van der Waals surface area contributed by atoms with Crippen molar-refractivity contribution in [3.63, 3.8) is 0 Å². The SMILES string of the molecule is Cc1nc2sccn2c(=O)c1NC(=O)Nc1ccc2c(c1)OCCO2. The minimum absolute atomic E-state index is 0.144. The third kappa shape index (κ3) is 2.89. The number of rotatable bonds is 2. The van der Waals surface area contributed by atoms with E-state index in [9.17, 15) is 9.59 Å². The summed E-state index contributed by atoms with van der Waals surface area (Å²) >= 11 is 1.36. The van der Waals surface area contributed by atoms with E-state index in [0.29, 0.717) is 41.1 Å². The van der Waals surface area contributed by atoms with Crippen molar-refractivity contribution < 1.29 is 14.3 Å². The van der Waals surface area contributed by atoms with Crippen molar-refractivity contribution in [3.05, 3.63) is 45.8 Å². The molecule has 0 atom stereocenters. The van der Waals surface area contributed by atoms with Gasteiger partial charge in [0.2, 0.25) is 0 Å². The van der Waals surface area contributed by atoms with Crippen molar-refractivity contribution in [2.45, 2.75) is 6.92 Å². The van der Waals surface area contributed by atoms with E-state index in [1.54, 1.807) is 36.7 Å². The Morgan fingerprint density at radius 2 is 2.04 bits per heavy atom. The monoisotopic (exact) mass is 358 g/mol. The summed E-state index contributed by atoms with van der Waals surface area (Å²) in [6, 6.07) is 4.57. The molecule has 2 aromatic heterocycles. The van der Waals surface area contributed by atoms with Gasteiger partial charge in [-0.3, -0.25) is 9.20 Å². The van der Waals surface area contributed by atoms with Crippen LogP contribution in [0.2, 0.25) is 0 Å². The van der Waals surface area contributed by atoms with Crippen molar-refractivity contribution in [3.8, 4) is 11.5 Å². The molecular formula is C16H14N4O4S. The lowest BCUT2D eigenvalue weighted by atomic mass is 10.2. The first kappa shape index (κ1) is 15.5. The highest BCUT2D eigenvalue weighted by atomic mass is 32.1. The molecule has 0 saturated heterocycles. The van der Waals surface area contributed by atoms with Crippen LogP contribution in [0.5, 0.6) is 11.5 Å². The Hall–Kier alpha value is -3.07. The van der Waals surface area contributed by atoms with E-state index in [1.165, 1.54) is 15.7 Å². The summed E-state index contributed by atoms with van der Waals surface area (Å²) in [5.74, 6) is 1.21. The lowest BCUT2D eigenvalue weighted by Crippen LogP contribution is -2.27. The van der Waals surface area contributed by atoms with Crippen LogP contribution in [0.1, 0.15) is 5.69 Å². The second-order valence-corrected chi connectivity index (χ2v) is 6.24. The number of carbonyl (C=O) groups excluding carboxylic acids is 1. The van der Waals surface area contributed by atoms with E-state index in [0.717, 1.165) is 0 Å². The van der Waals surface area contributed by atoms with Gasteiger partial charge < -0.3 is 20.1 Å². The Bertz CT molecular complexity index is 1030. The zero-order chi connectivity index (χ0) is 17.4. The molecule has 0 fully saturated rings. The zero-order valence-electron chi connectivity index (χ0n) is 13.2. The lowest BCUT2D eigenvalue weighted by Gasteiger charge is -2.19. The molecule has 0 saturated carbocycles. The third-order valence-electron chi connectivity index (χ3n) is 3.69. The first-order valence-electron chi connectivity index (χ1n) is 7.56. The Kier molecular flexibility index (Phi) is 3.77. The van der Waals surface area contributed by atoms with Crippen LogP contribution in [0, 0.1) is 6.92 Å². The molecule has 2 amide bonds. The number of anilines is 2. The second-order valence-electron chi connectivity index (χ2n) is 5.37. The van der Waals surface area contributed by atoms with Crippen LogP contribution >= 0.6 is 11.3 Å². The van der Waals surface area contributed by atoms with E-state index in [-0.39, 0.29) is 11.2 Å². The molecule has 25 heavy (non-hydrogen) atoms. The summed E-state index contributed by atoms with van der Waals surface area (Å²) in [7, 11) is 0. The highest BCUT2D eigenvalue weighted by molar-refractivity contribution is 7.15. The van der Waals surface area contributed by atoms with Crippen LogP contribution in [-0.4, -0.2) is 28.6 Å². The standard InChI is InChI=1S/C16H14N4O4S/c1-9-13(14(21)20-4-7-25-16(20)17-9)19-15(22)18-10-2-3-11-12(8-10)24-6-5-23-11/h2-4,7-8H,5-6H2,1H3,(H2,18,19,22). The second kappa shape index (κ2) is 6.10. The maximum absolute atomic E-state index is 12.4. The number of nitrogens with zero attached hydrogens (tertiary/aromatic N) is 2. The molecule has 1 aliphatic heterocycles. The molecule has 0 bridgehead atoms. The molecule has 0 radical (unpaired) electrons. The molecule has 1 aromatic carbocycles. The Morgan fingerprint density at radius 3 is 2.88 bits per heavy atom. The number of aromatic nitrogens is 2. The molecule has 3 heterocycles. The molecule has 2 N–H and O–H groups in total. The van der Waals surface area contributed by atoms with Gasteiger partial charge in [0, 0.05) is 23.3 Å². The van der Waals surface area contributed by atoms with Crippen LogP contribution in [0.15, 0.2) is 34.6 Å². The maximum atomic E-state index is 12.4. The topological polar surface area (TPSA) is 94.0 Å². The van der Waals surface area contributed by atoms with Gasteiger partial charge in [-0.15, -0.1) is 11.3 Å². The van der Waals surface area contributed by atoms with Crippen LogP contribution in [-0.2, 0) is 0 Å². The van der Waals surface area contributed by atoms with Crippen molar-refractivity contribution in [2.75, 3.05) is 23.8 Å². The summed E-state index contributed by atoms with van der Waals surface area (Å²) in [6.45, 7) is 2.65. The van der Waals surface area contributed by atoms with E-state index < -0.39 is 6.03 Å². The van der Waals surface area contributed by atoms with Crippen LogP contribution in [0.4, 0.5) is 16.2 Å². The van der Waals surface area contributed by atoms with Crippen molar-refractivity contribution in [1.82, 2.24) is 9.38 Å². The Morgan fingerprint density at radius 1 is 1.24 bits per heavy atom. The Balaban J connectivity index is 1.56. The number of aryl methyl sites for hydroxylation is 1. The minimum Gasteiger partial charge on any atom is -0.486 e. The quantitative estimate of drug-likeness (QED) is 0.734. The summed E-state index contributed by atoms with van der Waals surface area (Å²) in [6.07, 6.45) is 1.62. The van der Waals surface area contributed by atoms with Gasteiger partial charge in [0.05, 0.1) is 5.69 Å². The van der Waals surface area contributed by atoms with Gasteiger partial charge in [-0.1, -0.05) is 0 Å². The number of urea groups is 1. The molecule has 8 nitrogen and oxygen atoms in total. The van der Waals surface area contributed by atoms with Gasteiger partial charge in [0.1, 0.15) is 18.9 Å². The fourth-order valence-corrected chi connectivity index (χ4v) is 3.27. The van der Waals surface area contributed by atoms with E-state index in [1.807, 2.05) is 0 Å². The van der Waals surface area contributed by atoms with Crippen molar-refractivity contribution >= 4 is 33.7 Å². The Labute approximate surface area is 146 Å². The summed E-state index contributed by atoms with van der Waals surface area (Å²) in [5.41, 5.74) is 0.820. The molecule has 3 aromatic rings. The van der Waals surface area contributed by atoms with Gasteiger partial charge in [-0.25, -0.2) is 9.78 Å². The number of nitrogens with one attached hydrogen (secondary N) is 2. The summed E-state index contributed by atoms with van der Waals surface area (Å²) in [5, 5.41) is 7.02. The molecule has 1 aliphatic rings. The average molecular weight is 358 g/mol. The number of carbonyl (C=O) groups is 1. The summed E-state index contributed by atoms with van der Waals surface area (Å²) in [4.78, 5) is 29.6. The number of benzene rings is 1. The molecule has 0 unspecified atom stereocenters. The number of amides is 2. The van der Waals surface area contributed by atoms with Crippen LogP contribution < -0.4 is 25.7 Å². The zero-order valence-corrected chi connectivity index (χ0v) is 14.1. The number of fused-ring (bicyclic) bond motifs is 2. The van der Waals surface area contributed by atoms with E-state index in [2.05, 4.69) is 15.6 Å². The maximum Gasteiger partial charge on any atom is 0.323 e. The molecule has 4 rings (SSSR count). The van der Waals surface area contributed by atoms with Gasteiger partial charge >= 0.3 is 6.03 Å². The predicted octanol–water partition coefficient (Wildman–Crippen LogP) is 2.48.